The van der Waals surface area contributed by atoms with E-state index in [1.807, 2.05) is 36.4 Å². The van der Waals surface area contributed by atoms with Gasteiger partial charge in [0.25, 0.3) is 0 Å². The zero-order valence-corrected chi connectivity index (χ0v) is 14.7. The molecular formula is C16H13IO4S. The molecule has 22 heavy (non-hydrogen) atoms. The van der Waals surface area contributed by atoms with E-state index in [0.29, 0.717) is 5.56 Å². The summed E-state index contributed by atoms with van der Waals surface area (Å²) in [5.74, 6) is -1.19. The van der Waals surface area contributed by atoms with Crippen LogP contribution in [0.25, 0.3) is 0 Å². The fraction of sp³-hybridized carbons (Fsp3) is 0.125. The summed E-state index contributed by atoms with van der Waals surface area (Å²) in [7, 11) is 1.36. The zero-order valence-electron chi connectivity index (χ0n) is 11.7. The molecule has 0 bridgehead atoms. The maximum Gasteiger partial charge on any atom is 0.338 e. The van der Waals surface area contributed by atoms with Crippen molar-refractivity contribution in [2.24, 2.45) is 0 Å². The molecule has 0 unspecified atom stereocenters. The lowest BCUT2D eigenvalue weighted by molar-refractivity contribution is -0.136. The summed E-state index contributed by atoms with van der Waals surface area (Å²) >= 11 is 3.66. The number of carboxylic acids is 1. The molecule has 4 nitrogen and oxygen atoms in total. The molecule has 0 aliphatic heterocycles. The van der Waals surface area contributed by atoms with E-state index in [9.17, 15) is 9.59 Å². The summed E-state index contributed by atoms with van der Waals surface area (Å²) in [5.41, 5.74) is 1.32. The van der Waals surface area contributed by atoms with E-state index in [1.54, 1.807) is 17.8 Å². The van der Waals surface area contributed by atoms with Crippen molar-refractivity contribution in [2.45, 2.75) is 16.2 Å². The van der Waals surface area contributed by atoms with Gasteiger partial charge in [0.2, 0.25) is 0 Å². The normalized spacial score (nSPS) is 10.3. The third kappa shape index (κ3) is 4.48. The van der Waals surface area contributed by atoms with Crippen LogP contribution in [0.15, 0.2) is 52.3 Å². The third-order valence-electron chi connectivity index (χ3n) is 2.86. The number of methoxy groups -OCH3 is 1. The van der Waals surface area contributed by atoms with Crippen molar-refractivity contribution < 1.29 is 19.4 Å². The SMILES string of the molecule is COC(=O)c1ccc(Sc2ccc(CC(=O)O)cc2)cc1I. The van der Waals surface area contributed by atoms with Crippen molar-refractivity contribution >= 4 is 46.3 Å². The monoisotopic (exact) mass is 428 g/mol. The number of hydrogen-bond acceptors (Lipinski definition) is 4. The Morgan fingerprint density at radius 1 is 1.14 bits per heavy atom. The van der Waals surface area contributed by atoms with E-state index >= 15 is 0 Å². The fourth-order valence-corrected chi connectivity index (χ4v) is 3.62. The first kappa shape index (κ1) is 16.8. The van der Waals surface area contributed by atoms with Crippen LogP contribution in [0.5, 0.6) is 0 Å². The van der Waals surface area contributed by atoms with Gasteiger partial charge in [0, 0.05) is 13.4 Å². The highest BCUT2D eigenvalue weighted by molar-refractivity contribution is 14.1. The predicted octanol–water partition coefficient (Wildman–Crippen LogP) is 3.86. The number of ether oxygens (including phenoxy) is 1. The van der Waals surface area contributed by atoms with Crippen LogP contribution < -0.4 is 0 Å². The molecule has 0 aliphatic carbocycles. The Hall–Kier alpha value is -1.54. The number of carbonyl (C=O) groups excluding carboxylic acids is 1. The molecule has 0 aromatic heterocycles. The van der Waals surface area contributed by atoms with Crippen molar-refractivity contribution in [1.82, 2.24) is 0 Å². The standard InChI is InChI=1S/C16H13IO4S/c1-21-16(20)13-7-6-12(9-14(13)17)22-11-4-2-10(3-5-11)8-15(18)19/h2-7,9H,8H2,1H3,(H,18,19). The van der Waals surface area contributed by atoms with Crippen LogP contribution in [0.3, 0.4) is 0 Å². The molecule has 0 radical (unpaired) electrons. The van der Waals surface area contributed by atoms with Gasteiger partial charge in [-0.1, -0.05) is 23.9 Å². The zero-order chi connectivity index (χ0) is 16.1. The van der Waals surface area contributed by atoms with Crippen molar-refractivity contribution in [2.75, 3.05) is 7.11 Å². The Balaban J connectivity index is 2.12. The smallest absolute Gasteiger partial charge is 0.338 e. The third-order valence-corrected chi connectivity index (χ3v) is 4.75. The van der Waals surface area contributed by atoms with E-state index in [4.69, 9.17) is 9.84 Å². The average molecular weight is 428 g/mol. The minimum atomic E-state index is -0.839. The second-order valence-electron chi connectivity index (χ2n) is 4.45. The van der Waals surface area contributed by atoms with Crippen LogP contribution in [-0.4, -0.2) is 24.2 Å². The average Bonchev–Trinajstić information content (AvgIpc) is 2.48. The maximum absolute atomic E-state index is 11.5. The molecule has 6 heteroatoms. The molecule has 0 heterocycles. The Morgan fingerprint density at radius 2 is 1.77 bits per heavy atom. The lowest BCUT2D eigenvalue weighted by Crippen LogP contribution is -2.03. The van der Waals surface area contributed by atoms with E-state index in [2.05, 4.69) is 22.6 Å². The second kappa shape index (κ2) is 7.64. The van der Waals surface area contributed by atoms with Crippen LogP contribution in [0.2, 0.25) is 0 Å². The first-order valence-electron chi connectivity index (χ1n) is 6.36. The summed E-state index contributed by atoms with van der Waals surface area (Å²) in [5, 5.41) is 8.75. The van der Waals surface area contributed by atoms with E-state index in [1.165, 1.54) is 7.11 Å². The summed E-state index contributed by atoms with van der Waals surface area (Å²) in [6.45, 7) is 0. The van der Waals surface area contributed by atoms with Crippen LogP contribution in [0.4, 0.5) is 0 Å². The number of carboxylic acid groups (broad SMARTS) is 1. The molecule has 0 aliphatic rings. The topological polar surface area (TPSA) is 63.6 Å². The summed E-state index contributed by atoms with van der Waals surface area (Å²) in [4.78, 5) is 24.2. The first-order chi connectivity index (χ1) is 10.5. The van der Waals surface area contributed by atoms with Gasteiger partial charge in [-0.25, -0.2) is 4.79 Å². The maximum atomic E-state index is 11.5. The molecule has 114 valence electrons. The minimum Gasteiger partial charge on any atom is -0.481 e. The fourth-order valence-electron chi connectivity index (χ4n) is 1.82. The highest BCUT2D eigenvalue weighted by Gasteiger charge is 2.11. The lowest BCUT2D eigenvalue weighted by Gasteiger charge is -2.06. The number of esters is 1. The molecule has 0 spiro atoms. The molecule has 0 amide bonds. The molecule has 0 fully saturated rings. The van der Waals surface area contributed by atoms with Crippen LogP contribution in [0, 0.1) is 3.57 Å². The summed E-state index contributed by atoms with van der Waals surface area (Å²) in [6.07, 6.45) is 0.0245. The van der Waals surface area contributed by atoms with Gasteiger partial charge in [-0.2, -0.15) is 0 Å². The lowest BCUT2D eigenvalue weighted by atomic mass is 10.2. The van der Waals surface area contributed by atoms with Gasteiger partial charge in [-0.3, -0.25) is 4.79 Å². The molecule has 1 N–H and O–H groups in total. The number of hydrogen-bond donors (Lipinski definition) is 1. The first-order valence-corrected chi connectivity index (χ1v) is 8.25. The van der Waals surface area contributed by atoms with E-state index < -0.39 is 5.97 Å². The van der Waals surface area contributed by atoms with E-state index in [-0.39, 0.29) is 12.4 Å². The Morgan fingerprint density at radius 3 is 2.32 bits per heavy atom. The highest BCUT2D eigenvalue weighted by atomic mass is 127. The van der Waals surface area contributed by atoms with Crippen LogP contribution >= 0.6 is 34.4 Å². The number of rotatable bonds is 5. The van der Waals surface area contributed by atoms with Gasteiger partial charge >= 0.3 is 11.9 Å². The number of carbonyl (C=O) groups is 2. The van der Waals surface area contributed by atoms with Crippen LogP contribution in [0.1, 0.15) is 15.9 Å². The number of halogens is 1. The number of benzene rings is 2. The van der Waals surface area contributed by atoms with Crippen molar-refractivity contribution in [3.8, 4) is 0 Å². The number of aliphatic carboxylic acids is 1. The molecule has 2 aromatic rings. The Labute approximate surface area is 146 Å². The van der Waals surface area contributed by atoms with Gasteiger partial charge in [0.05, 0.1) is 19.1 Å². The molecule has 0 saturated carbocycles. The second-order valence-corrected chi connectivity index (χ2v) is 6.76. The summed E-state index contributed by atoms with van der Waals surface area (Å²) < 4.78 is 5.55. The molecule has 0 saturated heterocycles. The molecule has 2 aromatic carbocycles. The Kier molecular flexibility index (Phi) is 5.84. The van der Waals surface area contributed by atoms with Gasteiger partial charge in [-0.05, 0) is 58.5 Å². The van der Waals surface area contributed by atoms with Gasteiger partial charge in [0.1, 0.15) is 0 Å². The van der Waals surface area contributed by atoms with Gasteiger partial charge in [0.15, 0.2) is 0 Å². The van der Waals surface area contributed by atoms with Crippen LogP contribution in [-0.2, 0) is 16.0 Å². The highest BCUT2D eigenvalue weighted by Crippen LogP contribution is 2.30. The quantitative estimate of drug-likeness (QED) is 0.579. The summed E-state index contributed by atoms with van der Waals surface area (Å²) in [6, 6.07) is 12.9. The minimum absolute atomic E-state index is 0.0245. The van der Waals surface area contributed by atoms with Crippen molar-refractivity contribution in [3.05, 3.63) is 57.2 Å². The molecular weight excluding hydrogens is 415 g/mol. The molecule has 0 atom stereocenters. The van der Waals surface area contributed by atoms with Crippen molar-refractivity contribution in [1.29, 1.82) is 0 Å². The Bertz CT molecular complexity index is 698. The van der Waals surface area contributed by atoms with Crippen molar-refractivity contribution in [3.63, 3.8) is 0 Å². The van der Waals surface area contributed by atoms with E-state index in [0.717, 1.165) is 18.9 Å². The predicted molar refractivity (Wildman–Crippen MR) is 92.4 cm³/mol. The largest absolute Gasteiger partial charge is 0.481 e. The van der Waals surface area contributed by atoms with Gasteiger partial charge < -0.3 is 9.84 Å². The molecule has 2 rings (SSSR count). The van der Waals surface area contributed by atoms with Gasteiger partial charge in [-0.15, -0.1) is 0 Å².